The fourth-order valence-corrected chi connectivity index (χ4v) is 3.09. The molecule has 0 atom stereocenters. The predicted octanol–water partition coefficient (Wildman–Crippen LogP) is 3.12. The van der Waals surface area contributed by atoms with Crippen molar-refractivity contribution in [3.8, 4) is 5.75 Å². The van der Waals surface area contributed by atoms with E-state index in [4.69, 9.17) is 9.47 Å². The van der Waals surface area contributed by atoms with Crippen LogP contribution in [0.1, 0.15) is 12.5 Å². The molecule has 30 heavy (non-hydrogen) atoms. The van der Waals surface area contributed by atoms with E-state index in [-0.39, 0.29) is 12.2 Å². The van der Waals surface area contributed by atoms with Crippen LogP contribution in [0.3, 0.4) is 0 Å². The number of benzene rings is 2. The van der Waals surface area contributed by atoms with E-state index in [9.17, 15) is 14.4 Å². The molecule has 2 aromatic rings. The quantitative estimate of drug-likeness (QED) is 0.413. The van der Waals surface area contributed by atoms with E-state index < -0.39 is 17.7 Å². The normalized spacial score (nSPS) is 14.8. The number of ether oxygens (including phenoxy) is 3. The predicted molar refractivity (Wildman–Crippen MR) is 111 cm³/mol. The molecule has 2 aromatic carbocycles. The molecule has 7 heteroatoms. The average molecular weight is 407 g/mol. The van der Waals surface area contributed by atoms with Crippen LogP contribution in [-0.2, 0) is 23.9 Å². The number of methoxy groups -OCH3 is 2. The summed E-state index contributed by atoms with van der Waals surface area (Å²) in [6.45, 7) is 1.52. The number of hydrogen-bond donors (Lipinski definition) is 0. The van der Waals surface area contributed by atoms with Crippen LogP contribution in [0, 0.1) is 0 Å². The number of carbonyl (C=O) groups excluding carboxylic acids is 3. The molecule has 0 amide bonds. The lowest BCUT2D eigenvalue weighted by molar-refractivity contribution is -0.143. The summed E-state index contributed by atoms with van der Waals surface area (Å²) in [5, 5.41) is 0. The minimum absolute atomic E-state index is 0.00522. The summed E-state index contributed by atoms with van der Waals surface area (Å²) in [5.41, 5.74) is 2.32. The molecule has 1 aliphatic rings. The van der Waals surface area contributed by atoms with Crippen molar-refractivity contribution in [3.05, 3.63) is 77.1 Å². The maximum absolute atomic E-state index is 13.0. The highest BCUT2D eigenvalue weighted by Gasteiger charge is 2.38. The third-order valence-corrected chi connectivity index (χ3v) is 4.57. The fourth-order valence-electron chi connectivity index (χ4n) is 3.09. The number of rotatable bonds is 6. The van der Waals surface area contributed by atoms with E-state index in [2.05, 4.69) is 4.74 Å². The molecule has 0 bridgehead atoms. The van der Waals surface area contributed by atoms with Crippen molar-refractivity contribution in [2.75, 3.05) is 25.7 Å². The number of hydrogen-bond acceptors (Lipinski definition) is 7. The summed E-state index contributed by atoms with van der Waals surface area (Å²) in [7, 11) is 2.54. The van der Waals surface area contributed by atoms with Crippen LogP contribution in [-0.4, -0.2) is 38.5 Å². The molecule has 0 unspecified atom stereocenters. The Kier molecular flexibility index (Phi) is 6.32. The van der Waals surface area contributed by atoms with Gasteiger partial charge in [0.2, 0.25) is 5.78 Å². The molecular formula is C23H21NO6. The first kappa shape index (κ1) is 20.9. The summed E-state index contributed by atoms with van der Waals surface area (Å²) < 4.78 is 14.7. The molecular weight excluding hydrogens is 386 g/mol. The topological polar surface area (TPSA) is 82.1 Å². The van der Waals surface area contributed by atoms with Gasteiger partial charge in [-0.25, -0.2) is 9.59 Å². The van der Waals surface area contributed by atoms with E-state index in [1.165, 1.54) is 14.2 Å². The molecule has 0 saturated heterocycles. The van der Waals surface area contributed by atoms with Gasteiger partial charge in [-0.2, -0.15) is 0 Å². The van der Waals surface area contributed by atoms with Crippen molar-refractivity contribution in [2.45, 2.75) is 6.92 Å². The van der Waals surface area contributed by atoms with E-state index in [0.29, 0.717) is 17.1 Å². The highest BCUT2D eigenvalue weighted by Crippen LogP contribution is 2.35. The number of carbonyl (C=O) groups is 3. The minimum atomic E-state index is -0.673. The molecule has 7 nitrogen and oxygen atoms in total. The third-order valence-electron chi connectivity index (χ3n) is 4.57. The number of allylic oxidation sites excluding steroid dienone is 2. The Morgan fingerprint density at radius 3 is 2.23 bits per heavy atom. The summed E-state index contributed by atoms with van der Waals surface area (Å²) in [6, 6.07) is 16.2. The van der Waals surface area contributed by atoms with E-state index >= 15 is 0 Å². The second kappa shape index (κ2) is 9.09. The van der Waals surface area contributed by atoms with Crippen LogP contribution in [0.25, 0.3) is 6.08 Å². The molecule has 0 aromatic heterocycles. The maximum Gasteiger partial charge on any atom is 0.343 e. The van der Waals surface area contributed by atoms with E-state index in [0.717, 1.165) is 11.3 Å². The summed E-state index contributed by atoms with van der Waals surface area (Å²) in [4.78, 5) is 38.2. The Bertz CT molecular complexity index is 1020. The van der Waals surface area contributed by atoms with Gasteiger partial charge >= 0.3 is 11.9 Å². The minimum Gasteiger partial charge on any atom is -0.482 e. The van der Waals surface area contributed by atoms with E-state index in [1.807, 2.05) is 30.3 Å². The van der Waals surface area contributed by atoms with Crippen molar-refractivity contribution in [1.29, 1.82) is 0 Å². The Hall–Kier alpha value is -3.87. The Morgan fingerprint density at radius 2 is 1.63 bits per heavy atom. The lowest BCUT2D eigenvalue weighted by Crippen LogP contribution is -2.18. The van der Waals surface area contributed by atoms with Gasteiger partial charge in [0.25, 0.3) is 0 Å². The van der Waals surface area contributed by atoms with Crippen LogP contribution in [0.5, 0.6) is 5.75 Å². The van der Waals surface area contributed by atoms with Crippen LogP contribution in [0.2, 0.25) is 0 Å². The lowest BCUT2D eigenvalue weighted by Gasteiger charge is -2.21. The zero-order valence-electron chi connectivity index (χ0n) is 16.9. The first-order chi connectivity index (χ1) is 14.5. The van der Waals surface area contributed by atoms with Crippen molar-refractivity contribution in [2.24, 2.45) is 0 Å². The van der Waals surface area contributed by atoms with Crippen molar-refractivity contribution in [1.82, 2.24) is 0 Å². The van der Waals surface area contributed by atoms with Crippen molar-refractivity contribution >= 4 is 29.5 Å². The number of ketones is 1. The molecule has 0 radical (unpaired) electrons. The van der Waals surface area contributed by atoms with Crippen molar-refractivity contribution < 1.29 is 28.6 Å². The van der Waals surface area contributed by atoms with Gasteiger partial charge in [-0.05, 0) is 42.8 Å². The zero-order chi connectivity index (χ0) is 21.7. The van der Waals surface area contributed by atoms with Gasteiger partial charge in [-0.1, -0.05) is 30.3 Å². The number of nitrogens with zero attached hydrogens (tertiary/aromatic N) is 1. The summed E-state index contributed by atoms with van der Waals surface area (Å²) in [5.74, 6) is -1.07. The second-order valence-corrected chi connectivity index (χ2v) is 6.42. The third kappa shape index (κ3) is 4.25. The maximum atomic E-state index is 13.0. The largest absolute Gasteiger partial charge is 0.482 e. The van der Waals surface area contributed by atoms with Crippen molar-refractivity contribution in [3.63, 3.8) is 0 Å². The highest BCUT2D eigenvalue weighted by atomic mass is 16.6. The SMILES string of the molecule is COC(=O)COc1ccc(C=C2C(=O)C(C(=O)OC)=C(C)N2c2ccccc2)cc1. The Balaban J connectivity index is 1.94. The Morgan fingerprint density at radius 1 is 0.967 bits per heavy atom. The zero-order valence-corrected chi connectivity index (χ0v) is 16.9. The van der Waals surface area contributed by atoms with Gasteiger partial charge in [-0.3, -0.25) is 4.79 Å². The molecule has 3 rings (SSSR count). The smallest absolute Gasteiger partial charge is 0.343 e. The lowest BCUT2D eigenvalue weighted by atomic mass is 10.1. The van der Waals surface area contributed by atoms with Crippen LogP contribution < -0.4 is 9.64 Å². The fraction of sp³-hybridized carbons (Fsp3) is 0.174. The van der Waals surface area contributed by atoms with Crippen LogP contribution >= 0.6 is 0 Å². The summed E-state index contributed by atoms with van der Waals surface area (Å²) >= 11 is 0. The van der Waals surface area contributed by atoms with Gasteiger partial charge in [0, 0.05) is 11.4 Å². The standard InChI is InChI=1S/C23H21NO6/c1-15-21(23(27)29-3)22(26)19(24(15)17-7-5-4-6-8-17)13-16-9-11-18(12-10-16)30-14-20(25)28-2/h4-13H,14H2,1-3H3. The summed E-state index contributed by atoms with van der Waals surface area (Å²) in [6.07, 6.45) is 1.69. The molecule has 154 valence electrons. The number of Topliss-reactive ketones (excluding diaryl/α,β-unsaturated/α-hetero) is 1. The van der Waals surface area contributed by atoms with Crippen LogP contribution in [0.4, 0.5) is 5.69 Å². The van der Waals surface area contributed by atoms with Gasteiger partial charge in [0.15, 0.2) is 6.61 Å². The molecule has 0 fully saturated rings. The van der Waals surface area contributed by atoms with Crippen LogP contribution in [0.15, 0.2) is 71.6 Å². The first-order valence-corrected chi connectivity index (χ1v) is 9.16. The molecule has 0 aliphatic carbocycles. The first-order valence-electron chi connectivity index (χ1n) is 9.16. The number of para-hydroxylation sites is 1. The molecule has 1 heterocycles. The van der Waals surface area contributed by atoms with Gasteiger partial charge < -0.3 is 19.1 Å². The highest BCUT2D eigenvalue weighted by molar-refractivity contribution is 6.30. The molecule has 0 saturated carbocycles. The second-order valence-electron chi connectivity index (χ2n) is 6.42. The van der Waals surface area contributed by atoms with E-state index in [1.54, 1.807) is 42.2 Å². The monoisotopic (exact) mass is 407 g/mol. The Labute approximate surface area is 174 Å². The number of anilines is 1. The molecule has 0 N–H and O–H groups in total. The molecule has 0 spiro atoms. The van der Waals surface area contributed by atoms with Gasteiger partial charge in [0.1, 0.15) is 11.3 Å². The average Bonchev–Trinajstić information content (AvgIpc) is 3.02. The van der Waals surface area contributed by atoms with Gasteiger partial charge in [0.05, 0.1) is 19.9 Å². The van der Waals surface area contributed by atoms with Gasteiger partial charge in [-0.15, -0.1) is 0 Å². The molecule has 1 aliphatic heterocycles. The number of esters is 2.